The molecule has 1 N–H and O–H groups in total. The molecule has 0 heterocycles. The van der Waals surface area contributed by atoms with Crippen LogP contribution in [0.15, 0.2) is 48.5 Å². The van der Waals surface area contributed by atoms with Crippen molar-refractivity contribution in [3.63, 3.8) is 0 Å². The Morgan fingerprint density at radius 3 is 2.25 bits per heavy atom. The van der Waals surface area contributed by atoms with Gasteiger partial charge in [0, 0.05) is 12.6 Å². The minimum absolute atomic E-state index is 0.0435. The Kier molecular flexibility index (Phi) is 7.80. The Morgan fingerprint density at radius 1 is 0.964 bits per heavy atom. The molecular weight excluding hydrogens is 348 g/mol. The van der Waals surface area contributed by atoms with E-state index in [1.54, 1.807) is 11.8 Å². The average Bonchev–Trinajstić information content (AvgIpc) is 2.66. The molecule has 0 aliphatic rings. The molecule has 4 nitrogen and oxygen atoms in total. The third-order valence-corrected chi connectivity index (χ3v) is 5.08. The molecule has 150 valence electrons. The average molecular weight is 381 g/mol. The van der Waals surface area contributed by atoms with Crippen LogP contribution in [-0.4, -0.2) is 28.8 Å². The maximum absolute atomic E-state index is 13.1. The first-order valence-corrected chi connectivity index (χ1v) is 10.0. The highest BCUT2D eigenvalue weighted by atomic mass is 16.2. The van der Waals surface area contributed by atoms with Crippen LogP contribution in [-0.2, 0) is 22.6 Å². The van der Waals surface area contributed by atoms with Crippen molar-refractivity contribution in [2.75, 3.05) is 0 Å². The van der Waals surface area contributed by atoms with Crippen LogP contribution in [0.3, 0.4) is 0 Å². The van der Waals surface area contributed by atoms with Gasteiger partial charge in [-0.25, -0.2) is 0 Å². The molecule has 0 saturated carbocycles. The van der Waals surface area contributed by atoms with Gasteiger partial charge in [0.2, 0.25) is 11.8 Å². The Balaban J connectivity index is 2.22. The third kappa shape index (κ3) is 6.22. The Hall–Kier alpha value is -2.62. The zero-order valence-electron chi connectivity index (χ0n) is 17.7. The summed E-state index contributed by atoms with van der Waals surface area (Å²) < 4.78 is 0. The van der Waals surface area contributed by atoms with Crippen LogP contribution in [0.4, 0.5) is 0 Å². The fourth-order valence-electron chi connectivity index (χ4n) is 3.04. The number of hydrogen-bond donors (Lipinski definition) is 1. The zero-order valence-corrected chi connectivity index (χ0v) is 17.7. The van der Waals surface area contributed by atoms with Crippen LogP contribution in [0.5, 0.6) is 0 Å². The molecule has 2 aromatic rings. The molecule has 2 amide bonds. The summed E-state index contributed by atoms with van der Waals surface area (Å²) in [4.78, 5) is 27.5. The van der Waals surface area contributed by atoms with Gasteiger partial charge >= 0.3 is 0 Å². The van der Waals surface area contributed by atoms with Crippen molar-refractivity contribution in [2.45, 2.75) is 66.1 Å². The zero-order chi connectivity index (χ0) is 20.7. The van der Waals surface area contributed by atoms with E-state index in [9.17, 15) is 9.59 Å². The summed E-state index contributed by atoms with van der Waals surface area (Å²) in [5, 5.41) is 3.00. The molecular formula is C24H32N2O2. The Bertz CT molecular complexity index is 799. The highest BCUT2D eigenvalue weighted by molar-refractivity contribution is 5.88. The number of carbonyl (C=O) groups excluding carboxylic acids is 2. The third-order valence-electron chi connectivity index (χ3n) is 5.08. The van der Waals surface area contributed by atoms with E-state index in [-0.39, 0.29) is 24.3 Å². The Morgan fingerprint density at radius 2 is 1.64 bits per heavy atom. The molecule has 28 heavy (non-hydrogen) atoms. The first kappa shape index (κ1) is 21.7. The quantitative estimate of drug-likeness (QED) is 0.747. The SMILES string of the molecule is CCC(C)NC(=O)C(C)N(Cc1ccc(C)cc1)C(=O)Cc1cccc(C)c1. The largest absolute Gasteiger partial charge is 0.352 e. The van der Waals surface area contributed by atoms with Crippen LogP contribution in [0, 0.1) is 13.8 Å². The maximum Gasteiger partial charge on any atom is 0.242 e. The van der Waals surface area contributed by atoms with Crippen molar-refractivity contribution >= 4 is 11.8 Å². The lowest BCUT2D eigenvalue weighted by atomic mass is 10.1. The fraction of sp³-hybridized carbons (Fsp3) is 0.417. The molecule has 0 aliphatic heterocycles. The topological polar surface area (TPSA) is 49.4 Å². The predicted molar refractivity (Wildman–Crippen MR) is 114 cm³/mol. The fourth-order valence-corrected chi connectivity index (χ4v) is 3.04. The number of nitrogens with one attached hydrogen (secondary N) is 1. The van der Waals surface area contributed by atoms with Crippen LogP contribution in [0.1, 0.15) is 49.4 Å². The summed E-state index contributed by atoms with van der Waals surface area (Å²) in [7, 11) is 0. The number of carbonyl (C=O) groups is 2. The van der Waals surface area contributed by atoms with Crippen molar-refractivity contribution in [3.05, 3.63) is 70.8 Å². The van der Waals surface area contributed by atoms with E-state index >= 15 is 0 Å². The summed E-state index contributed by atoms with van der Waals surface area (Å²) in [6.07, 6.45) is 1.14. The van der Waals surface area contributed by atoms with Gasteiger partial charge in [-0.1, -0.05) is 66.6 Å². The highest BCUT2D eigenvalue weighted by Crippen LogP contribution is 2.14. The number of nitrogens with zero attached hydrogens (tertiary/aromatic N) is 1. The van der Waals surface area contributed by atoms with Crippen LogP contribution >= 0.6 is 0 Å². The van der Waals surface area contributed by atoms with Gasteiger partial charge in [0.25, 0.3) is 0 Å². The van der Waals surface area contributed by atoms with Crippen molar-refractivity contribution in [1.29, 1.82) is 0 Å². The predicted octanol–water partition coefficient (Wildman–Crippen LogP) is 4.18. The van der Waals surface area contributed by atoms with Gasteiger partial charge in [0.15, 0.2) is 0 Å². The van der Waals surface area contributed by atoms with E-state index < -0.39 is 6.04 Å². The summed E-state index contributed by atoms with van der Waals surface area (Å²) >= 11 is 0. The van der Waals surface area contributed by atoms with Gasteiger partial charge in [-0.15, -0.1) is 0 Å². The molecule has 0 aromatic heterocycles. The van der Waals surface area contributed by atoms with E-state index in [0.717, 1.165) is 23.1 Å². The minimum atomic E-state index is -0.535. The number of rotatable bonds is 8. The second-order valence-corrected chi connectivity index (χ2v) is 7.67. The number of aryl methyl sites for hydroxylation is 2. The van der Waals surface area contributed by atoms with Gasteiger partial charge in [0.1, 0.15) is 6.04 Å². The second kappa shape index (κ2) is 10.1. The van der Waals surface area contributed by atoms with E-state index in [1.807, 2.05) is 76.2 Å². The number of benzene rings is 2. The lowest BCUT2D eigenvalue weighted by Crippen LogP contribution is -2.49. The molecule has 4 heteroatoms. The summed E-state index contributed by atoms with van der Waals surface area (Å²) in [5.41, 5.74) is 4.28. The van der Waals surface area contributed by atoms with Crippen LogP contribution < -0.4 is 5.32 Å². The number of hydrogen-bond acceptors (Lipinski definition) is 2. The first-order valence-electron chi connectivity index (χ1n) is 10.0. The van der Waals surface area contributed by atoms with E-state index in [1.165, 1.54) is 5.56 Å². The van der Waals surface area contributed by atoms with Gasteiger partial charge in [-0.05, 0) is 45.2 Å². The summed E-state index contributed by atoms with van der Waals surface area (Å²) in [6.45, 7) is 10.3. The van der Waals surface area contributed by atoms with E-state index in [0.29, 0.717) is 6.54 Å². The lowest BCUT2D eigenvalue weighted by Gasteiger charge is -2.30. The normalized spacial score (nSPS) is 12.9. The van der Waals surface area contributed by atoms with E-state index in [4.69, 9.17) is 0 Å². The minimum Gasteiger partial charge on any atom is -0.352 e. The van der Waals surface area contributed by atoms with Crippen molar-refractivity contribution < 1.29 is 9.59 Å². The van der Waals surface area contributed by atoms with Gasteiger partial charge in [-0.2, -0.15) is 0 Å². The molecule has 2 rings (SSSR count). The summed E-state index contributed by atoms with van der Waals surface area (Å²) in [6, 6.07) is 15.6. The molecule has 2 unspecified atom stereocenters. The van der Waals surface area contributed by atoms with Crippen LogP contribution in [0.2, 0.25) is 0 Å². The van der Waals surface area contributed by atoms with Crippen molar-refractivity contribution in [2.24, 2.45) is 0 Å². The number of amides is 2. The first-order chi connectivity index (χ1) is 13.3. The smallest absolute Gasteiger partial charge is 0.242 e. The molecule has 0 bridgehead atoms. The maximum atomic E-state index is 13.1. The molecule has 0 fully saturated rings. The molecule has 0 radical (unpaired) electrons. The molecule has 2 atom stereocenters. The summed E-state index contributed by atoms with van der Waals surface area (Å²) in [5.74, 6) is -0.156. The second-order valence-electron chi connectivity index (χ2n) is 7.67. The van der Waals surface area contributed by atoms with E-state index in [2.05, 4.69) is 5.32 Å². The van der Waals surface area contributed by atoms with Gasteiger partial charge in [0.05, 0.1) is 6.42 Å². The highest BCUT2D eigenvalue weighted by Gasteiger charge is 2.26. The van der Waals surface area contributed by atoms with Crippen LogP contribution in [0.25, 0.3) is 0 Å². The lowest BCUT2D eigenvalue weighted by molar-refractivity contribution is -0.140. The monoisotopic (exact) mass is 380 g/mol. The standard InChI is InChI=1S/C24H32N2O2/c1-6-19(4)25-24(28)20(5)26(16-21-12-10-17(2)11-13-21)23(27)15-22-9-7-8-18(3)14-22/h7-14,19-20H,6,15-16H2,1-5H3,(H,25,28). The Labute approximate surface area is 169 Å². The molecule has 0 aliphatic carbocycles. The van der Waals surface area contributed by atoms with Crippen molar-refractivity contribution in [1.82, 2.24) is 10.2 Å². The van der Waals surface area contributed by atoms with Crippen molar-refractivity contribution in [3.8, 4) is 0 Å². The van der Waals surface area contributed by atoms with Gasteiger partial charge in [-0.3, -0.25) is 9.59 Å². The molecule has 0 spiro atoms. The molecule has 2 aromatic carbocycles. The molecule has 0 saturated heterocycles. The van der Waals surface area contributed by atoms with Gasteiger partial charge < -0.3 is 10.2 Å².